The minimum Gasteiger partial charge on any atom is -0.475 e. The summed E-state index contributed by atoms with van der Waals surface area (Å²) in [4.78, 5) is 12.6. The number of hydrogen-bond donors (Lipinski definition) is 0. The van der Waals surface area contributed by atoms with Crippen molar-refractivity contribution in [3.8, 4) is 5.88 Å². The van der Waals surface area contributed by atoms with Crippen molar-refractivity contribution in [1.82, 2.24) is 8.75 Å². The molecule has 7 nitrogen and oxygen atoms in total. The molecule has 0 saturated carbocycles. The van der Waals surface area contributed by atoms with Gasteiger partial charge in [-0.2, -0.15) is 4.37 Å². The fraction of sp³-hybridized carbons (Fsp3) is 0.773. The van der Waals surface area contributed by atoms with E-state index in [9.17, 15) is 4.79 Å². The first kappa shape index (κ1) is 23.2. The molecule has 0 aromatic carbocycles. The molecule has 8 heteroatoms. The molecule has 0 N–H and O–H groups in total. The van der Waals surface area contributed by atoms with Crippen molar-refractivity contribution in [1.29, 1.82) is 0 Å². The molecule has 0 aliphatic carbocycles. The second kappa shape index (κ2) is 11.2. The number of quaternary nitrogens is 1. The van der Waals surface area contributed by atoms with Crippen LogP contribution in [0.1, 0.15) is 64.5 Å². The zero-order chi connectivity index (χ0) is 21.4. The van der Waals surface area contributed by atoms with Gasteiger partial charge in [0.1, 0.15) is 12.2 Å². The summed E-state index contributed by atoms with van der Waals surface area (Å²) in [5.41, 5.74) is 1.98. The van der Waals surface area contributed by atoms with Crippen molar-refractivity contribution in [3.63, 3.8) is 0 Å². The first-order chi connectivity index (χ1) is 14.5. The Morgan fingerprint density at radius 3 is 2.87 bits per heavy atom. The van der Waals surface area contributed by atoms with Crippen LogP contribution in [-0.2, 0) is 14.3 Å². The number of carbonyl (C=O) groups is 1. The normalized spacial score (nSPS) is 23.6. The van der Waals surface area contributed by atoms with Gasteiger partial charge in [-0.15, -0.1) is 4.37 Å². The van der Waals surface area contributed by atoms with Crippen molar-refractivity contribution in [2.24, 2.45) is 5.92 Å². The summed E-state index contributed by atoms with van der Waals surface area (Å²) in [6, 6.07) is 0. The molecule has 30 heavy (non-hydrogen) atoms. The van der Waals surface area contributed by atoms with Crippen LogP contribution in [0.2, 0.25) is 0 Å². The Labute approximate surface area is 184 Å². The van der Waals surface area contributed by atoms with Crippen molar-refractivity contribution >= 4 is 23.3 Å². The Hall–Kier alpha value is -1.51. The largest absolute Gasteiger partial charge is 0.475 e. The van der Waals surface area contributed by atoms with Crippen molar-refractivity contribution < 1.29 is 23.5 Å². The van der Waals surface area contributed by atoms with E-state index in [0.717, 1.165) is 50.0 Å². The van der Waals surface area contributed by atoms with E-state index in [-0.39, 0.29) is 18.1 Å². The highest BCUT2D eigenvalue weighted by atomic mass is 32.1. The average Bonchev–Trinajstić information content (AvgIpc) is 3.23. The van der Waals surface area contributed by atoms with Crippen molar-refractivity contribution in [2.75, 3.05) is 40.0 Å². The van der Waals surface area contributed by atoms with Gasteiger partial charge in [0.25, 0.3) is 5.88 Å². The number of nitrogens with zero attached hydrogens (tertiary/aromatic N) is 3. The first-order valence-corrected chi connectivity index (χ1v) is 12.0. The molecular weight excluding hydrogens is 402 g/mol. The van der Waals surface area contributed by atoms with Crippen LogP contribution in [0, 0.1) is 5.92 Å². The van der Waals surface area contributed by atoms with Crippen LogP contribution >= 0.6 is 11.7 Å². The van der Waals surface area contributed by atoms with Gasteiger partial charge in [0.2, 0.25) is 6.23 Å². The Morgan fingerprint density at radius 1 is 1.30 bits per heavy atom. The van der Waals surface area contributed by atoms with Gasteiger partial charge in [0.05, 0.1) is 37.8 Å². The van der Waals surface area contributed by atoms with Crippen molar-refractivity contribution in [2.45, 2.75) is 65.0 Å². The summed E-state index contributed by atoms with van der Waals surface area (Å²) in [5, 5.41) is 0. The fourth-order valence-electron chi connectivity index (χ4n) is 4.04. The van der Waals surface area contributed by atoms with Crippen LogP contribution in [0.5, 0.6) is 5.88 Å². The molecule has 1 fully saturated rings. The number of likely N-dealkylation sites (N-methyl/N-ethyl adjacent to an activating group) is 1. The van der Waals surface area contributed by atoms with Crippen LogP contribution in [0.4, 0.5) is 0 Å². The minimum absolute atomic E-state index is 0.0388. The number of hydrogen-bond acceptors (Lipinski definition) is 7. The second-order valence-electron chi connectivity index (χ2n) is 8.63. The molecule has 1 aromatic heterocycles. The molecule has 3 heterocycles. The summed E-state index contributed by atoms with van der Waals surface area (Å²) in [6.07, 6.45) is 9.10. The van der Waals surface area contributed by atoms with Crippen LogP contribution in [0.15, 0.2) is 6.08 Å². The molecule has 1 unspecified atom stereocenters. The Kier molecular flexibility index (Phi) is 8.65. The third-order valence-corrected chi connectivity index (χ3v) is 6.79. The second-order valence-corrected chi connectivity index (χ2v) is 9.16. The highest BCUT2D eigenvalue weighted by Gasteiger charge is 2.38. The molecule has 0 spiro atoms. The maximum atomic E-state index is 12.6. The highest BCUT2D eigenvalue weighted by Crippen LogP contribution is 2.32. The van der Waals surface area contributed by atoms with Crippen molar-refractivity contribution in [3.05, 3.63) is 11.8 Å². The lowest BCUT2D eigenvalue weighted by Gasteiger charge is -2.41. The Morgan fingerprint density at radius 2 is 2.10 bits per heavy atom. The maximum absolute atomic E-state index is 12.6. The number of unbranched alkanes of at least 4 members (excludes halogenated alkanes) is 3. The molecule has 2 aliphatic heterocycles. The van der Waals surface area contributed by atoms with Gasteiger partial charge in [0.15, 0.2) is 0 Å². The quantitative estimate of drug-likeness (QED) is 0.312. The summed E-state index contributed by atoms with van der Waals surface area (Å²) < 4.78 is 26.8. The molecule has 168 valence electrons. The van der Waals surface area contributed by atoms with Gasteiger partial charge in [-0.25, -0.2) is 0 Å². The SMILES string of the molecule is CCCCCCOc1nsnc1C1=CCC[N+](C)([C@@H](C)OC(=O)C2CCOCC2)C1. The third kappa shape index (κ3) is 6.02. The number of aromatic nitrogens is 2. The third-order valence-electron chi connectivity index (χ3n) is 6.28. The number of carbonyl (C=O) groups excluding carboxylic acids is 1. The molecule has 1 saturated heterocycles. The molecular formula is C22H36N3O4S+. The lowest BCUT2D eigenvalue weighted by atomic mass is 10.0. The predicted octanol–water partition coefficient (Wildman–Crippen LogP) is 4.05. The Balaban J connectivity index is 1.58. The highest BCUT2D eigenvalue weighted by molar-refractivity contribution is 6.99. The van der Waals surface area contributed by atoms with Gasteiger partial charge in [-0.3, -0.25) is 9.28 Å². The summed E-state index contributed by atoms with van der Waals surface area (Å²) in [7, 11) is 2.15. The molecule has 0 amide bonds. The van der Waals surface area contributed by atoms with Gasteiger partial charge in [-0.1, -0.05) is 32.3 Å². The number of esters is 1. The monoisotopic (exact) mass is 438 g/mol. The minimum atomic E-state index is -0.214. The van der Waals surface area contributed by atoms with Gasteiger partial charge < -0.3 is 14.2 Å². The van der Waals surface area contributed by atoms with E-state index < -0.39 is 0 Å². The number of ether oxygens (including phenoxy) is 3. The van der Waals surface area contributed by atoms with Crippen LogP contribution < -0.4 is 4.74 Å². The zero-order valence-corrected chi connectivity index (χ0v) is 19.4. The lowest BCUT2D eigenvalue weighted by molar-refractivity contribution is -0.944. The predicted molar refractivity (Wildman–Crippen MR) is 117 cm³/mol. The van der Waals surface area contributed by atoms with E-state index >= 15 is 0 Å². The molecule has 0 radical (unpaired) electrons. The van der Waals surface area contributed by atoms with E-state index in [4.69, 9.17) is 14.2 Å². The summed E-state index contributed by atoms with van der Waals surface area (Å²) in [5.74, 6) is 0.513. The molecule has 1 aromatic rings. The standard InChI is InChI=1S/C22H36N3O4S/c1-4-5-6-7-13-28-21-20(23-30-24-21)19-9-8-12-25(3,16-19)17(2)29-22(26)18-10-14-27-15-11-18/h9,17-18H,4-8,10-16H2,1-3H3/q+1/t17-,25?/m1/s1. The fourth-order valence-corrected chi connectivity index (χ4v) is 4.57. The van der Waals surface area contributed by atoms with E-state index in [2.05, 4.69) is 28.8 Å². The van der Waals surface area contributed by atoms with Crippen LogP contribution in [-0.4, -0.2) is 65.4 Å². The van der Waals surface area contributed by atoms with E-state index in [1.807, 2.05) is 6.92 Å². The zero-order valence-electron chi connectivity index (χ0n) is 18.6. The smallest absolute Gasteiger partial charge is 0.313 e. The Bertz CT molecular complexity index is 717. The van der Waals surface area contributed by atoms with Gasteiger partial charge >= 0.3 is 5.97 Å². The lowest BCUT2D eigenvalue weighted by Crippen LogP contribution is -2.55. The molecule has 3 rings (SSSR count). The van der Waals surface area contributed by atoms with E-state index in [1.54, 1.807) is 0 Å². The molecule has 2 atom stereocenters. The van der Waals surface area contributed by atoms with Crippen LogP contribution in [0.3, 0.4) is 0 Å². The number of rotatable bonds is 10. The maximum Gasteiger partial charge on any atom is 0.313 e. The topological polar surface area (TPSA) is 70.5 Å². The average molecular weight is 439 g/mol. The van der Waals surface area contributed by atoms with Gasteiger partial charge in [-0.05, 0) is 19.3 Å². The van der Waals surface area contributed by atoms with Gasteiger partial charge in [0, 0.05) is 32.1 Å². The van der Waals surface area contributed by atoms with E-state index in [1.165, 1.54) is 31.0 Å². The van der Waals surface area contributed by atoms with E-state index in [0.29, 0.717) is 30.2 Å². The summed E-state index contributed by atoms with van der Waals surface area (Å²) in [6.45, 7) is 7.85. The first-order valence-electron chi connectivity index (χ1n) is 11.3. The molecule has 2 aliphatic rings. The van der Waals surface area contributed by atoms with Crippen LogP contribution in [0.25, 0.3) is 5.57 Å². The molecule has 0 bridgehead atoms. The summed E-state index contributed by atoms with van der Waals surface area (Å²) >= 11 is 1.20.